The quantitative estimate of drug-likeness (QED) is 0.637. The first kappa shape index (κ1) is 15.2. The molecule has 0 saturated heterocycles. The van der Waals surface area contributed by atoms with Crippen LogP contribution in [0.2, 0.25) is 0 Å². The van der Waals surface area contributed by atoms with Gasteiger partial charge in [-0.05, 0) is 19.4 Å². The average Bonchev–Trinajstić information content (AvgIpc) is 2.85. The number of aliphatic hydroxyl groups excluding tert-OH is 1. The predicted molar refractivity (Wildman–Crippen MR) is 75.5 cm³/mol. The molecule has 18 heavy (non-hydrogen) atoms. The van der Waals surface area contributed by atoms with E-state index in [4.69, 9.17) is 0 Å². The number of hydrogen-bond donors (Lipinski definition) is 1. The highest BCUT2D eigenvalue weighted by molar-refractivity contribution is 5.04. The van der Waals surface area contributed by atoms with Crippen molar-refractivity contribution >= 4 is 0 Å². The van der Waals surface area contributed by atoms with Gasteiger partial charge in [-0.25, -0.2) is 0 Å². The number of unbranched alkanes of at least 4 members (excludes halogenated alkanes) is 6. The highest BCUT2D eigenvalue weighted by Crippen LogP contribution is 2.20. The van der Waals surface area contributed by atoms with Gasteiger partial charge in [-0.15, -0.1) is 0 Å². The SMILES string of the molecule is CCCCCCCCCC(O)c1ccnn1CC. The zero-order valence-electron chi connectivity index (χ0n) is 11.9. The zero-order chi connectivity index (χ0) is 13.2. The molecule has 0 aromatic carbocycles. The Morgan fingerprint density at radius 1 is 1.11 bits per heavy atom. The van der Waals surface area contributed by atoms with Crippen LogP contribution in [-0.2, 0) is 6.54 Å². The van der Waals surface area contributed by atoms with Crippen molar-refractivity contribution < 1.29 is 5.11 Å². The topological polar surface area (TPSA) is 38.1 Å². The monoisotopic (exact) mass is 252 g/mol. The molecule has 1 N–H and O–H groups in total. The Kier molecular flexibility index (Phi) is 7.74. The van der Waals surface area contributed by atoms with Crippen molar-refractivity contribution in [3.63, 3.8) is 0 Å². The Balaban J connectivity index is 2.12. The van der Waals surface area contributed by atoms with Crippen LogP contribution in [0, 0.1) is 0 Å². The molecular formula is C15H28N2O. The van der Waals surface area contributed by atoms with Crippen LogP contribution in [0.15, 0.2) is 12.3 Å². The summed E-state index contributed by atoms with van der Waals surface area (Å²) in [6.07, 6.45) is 11.3. The summed E-state index contributed by atoms with van der Waals surface area (Å²) in [5.41, 5.74) is 0.962. The van der Waals surface area contributed by atoms with Crippen LogP contribution in [0.5, 0.6) is 0 Å². The lowest BCUT2D eigenvalue weighted by Crippen LogP contribution is -2.07. The molecule has 1 aromatic rings. The highest BCUT2D eigenvalue weighted by Gasteiger charge is 2.11. The van der Waals surface area contributed by atoms with Crippen molar-refractivity contribution in [3.05, 3.63) is 18.0 Å². The van der Waals surface area contributed by atoms with Crippen molar-refractivity contribution in [2.24, 2.45) is 0 Å². The minimum absolute atomic E-state index is 0.344. The Bertz CT molecular complexity index is 309. The third kappa shape index (κ3) is 5.21. The number of aromatic nitrogens is 2. The first-order valence-corrected chi connectivity index (χ1v) is 7.49. The summed E-state index contributed by atoms with van der Waals surface area (Å²) in [5, 5.41) is 14.3. The second kappa shape index (κ2) is 9.15. The Morgan fingerprint density at radius 2 is 1.78 bits per heavy atom. The van der Waals surface area contributed by atoms with E-state index in [0.717, 1.165) is 25.1 Å². The molecule has 1 unspecified atom stereocenters. The third-order valence-corrected chi connectivity index (χ3v) is 3.47. The molecule has 0 radical (unpaired) electrons. The standard InChI is InChI=1S/C15H28N2O/c1-3-5-6-7-8-9-10-11-15(18)14-12-13-16-17(14)4-2/h12-13,15,18H,3-11H2,1-2H3. The molecule has 0 aliphatic carbocycles. The molecule has 1 rings (SSSR count). The molecule has 0 aliphatic rings. The molecule has 0 bridgehead atoms. The lowest BCUT2D eigenvalue weighted by Gasteiger charge is -2.12. The van der Waals surface area contributed by atoms with Gasteiger partial charge in [-0.1, -0.05) is 51.9 Å². The maximum Gasteiger partial charge on any atom is 0.0956 e. The lowest BCUT2D eigenvalue weighted by atomic mass is 10.0. The number of aryl methyl sites for hydroxylation is 1. The van der Waals surface area contributed by atoms with Gasteiger partial charge in [0.25, 0.3) is 0 Å². The van der Waals surface area contributed by atoms with Gasteiger partial charge in [-0.2, -0.15) is 5.10 Å². The van der Waals surface area contributed by atoms with Crippen molar-refractivity contribution in [2.75, 3.05) is 0 Å². The first-order chi connectivity index (χ1) is 8.79. The summed E-state index contributed by atoms with van der Waals surface area (Å²) in [7, 11) is 0. The summed E-state index contributed by atoms with van der Waals surface area (Å²) in [6.45, 7) is 5.13. The van der Waals surface area contributed by atoms with Crippen molar-refractivity contribution in [3.8, 4) is 0 Å². The lowest BCUT2D eigenvalue weighted by molar-refractivity contribution is 0.152. The first-order valence-electron chi connectivity index (χ1n) is 7.49. The van der Waals surface area contributed by atoms with Gasteiger partial charge in [-0.3, -0.25) is 4.68 Å². The summed E-state index contributed by atoms with van der Waals surface area (Å²) in [6, 6.07) is 1.93. The van der Waals surface area contributed by atoms with Gasteiger partial charge in [0.1, 0.15) is 0 Å². The van der Waals surface area contributed by atoms with Crippen LogP contribution in [0.3, 0.4) is 0 Å². The molecule has 1 atom stereocenters. The molecule has 0 saturated carbocycles. The van der Waals surface area contributed by atoms with Crippen LogP contribution < -0.4 is 0 Å². The normalized spacial score (nSPS) is 12.8. The Morgan fingerprint density at radius 3 is 2.44 bits per heavy atom. The fraction of sp³-hybridized carbons (Fsp3) is 0.800. The fourth-order valence-corrected chi connectivity index (χ4v) is 2.33. The molecule has 1 heterocycles. The van der Waals surface area contributed by atoms with Gasteiger partial charge >= 0.3 is 0 Å². The number of rotatable bonds is 10. The van der Waals surface area contributed by atoms with Crippen LogP contribution in [0.25, 0.3) is 0 Å². The molecule has 0 fully saturated rings. The zero-order valence-corrected chi connectivity index (χ0v) is 11.9. The highest BCUT2D eigenvalue weighted by atomic mass is 16.3. The van der Waals surface area contributed by atoms with E-state index in [2.05, 4.69) is 18.9 Å². The molecule has 0 spiro atoms. The van der Waals surface area contributed by atoms with Gasteiger partial charge in [0.05, 0.1) is 11.8 Å². The van der Waals surface area contributed by atoms with E-state index in [1.54, 1.807) is 6.20 Å². The van der Waals surface area contributed by atoms with E-state index in [1.165, 1.54) is 38.5 Å². The largest absolute Gasteiger partial charge is 0.387 e. The summed E-state index contributed by atoms with van der Waals surface area (Å²) >= 11 is 0. The van der Waals surface area contributed by atoms with Crippen LogP contribution >= 0.6 is 0 Å². The van der Waals surface area contributed by atoms with Crippen molar-refractivity contribution in [1.29, 1.82) is 0 Å². The van der Waals surface area contributed by atoms with Gasteiger partial charge in [0.15, 0.2) is 0 Å². The molecule has 1 aromatic heterocycles. The van der Waals surface area contributed by atoms with E-state index in [0.29, 0.717) is 0 Å². The second-order valence-corrected chi connectivity index (χ2v) is 5.00. The third-order valence-electron chi connectivity index (χ3n) is 3.47. The second-order valence-electron chi connectivity index (χ2n) is 5.00. The number of nitrogens with zero attached hydrogens (tertiary/aromatic N) is 2. The maximum absolute atomic E-state index is 10.1. The summed E-state index contributed by atoms with van der Waals surface area (Å²) in [5.74, 6) is 0. The predicted octanol–water partition coefficient (Wildman–Crippen LogP) is 4.08. The van der Waals surface area contributed by atoms with Crippen molar-refractivity contribution in [2.45, 2.75) is 77.9 Å². The molecule has 0 amide bonds. The molecule has 104 valence electrons. The van der Waals surface area contributed by atoms with Crippen LogP contribution in [0.4, 0.5) is 0 Å². The number of aliphatic hydroxyl groups is 1. The van der Waals surface area contributed by atoms with Crippen LogP contribution in [0.1, 0.15) is 77.0 Å². The minimum Gasteiger partial charge on any atom is -0.387 e. The van der Waals surface area contributed by atoms with Gasteiger partial charge < -0.3 is 5.11 Å². The molecule has 0 aliphatic heterocycles. The Labute approximate surface area is 111 Å². The van der Waals surface area contributed by atoms with Gasteiger partial charge in [0, 0.05) is 12.7 Å². The van der Waals surface area contributed by atoms with E-state index in [9.17, 15) is 5.11 Å². The minimum atomic E-state index is -0.344. The summed E-state index contributed by atoms with van der Waals surface area (Å²) in [4.78, 5) is 0. The van der Waals surface area contributed by atoms with Crippen molar-refractivity contribution in [1.82, 2.24) is 9.78 Å². The maximum atomic E-state index is 10.1. The molecular weight excluding hydrogens is 224 g/mol. The van der Waals surface area contributed by atoms with E-state index < -0.39 is 0 Å². The number of hydrogen-bond acceptors (Lipinski definition) is 2. The van der Waals surface area contributed by atoms with Gasteiger partial charge in [0.2, 0.25) is 0 Å². The van der Waals surface area contributed by atoms with E-state index in [1.807, 2.05) is 10.7 Å². The smallest absolute Gasteiger partial charge is 0.0956 e. The van der Waals surface area contributed by atoms with E-state index >= 15 is 0 Å². The average molecular weight is 252 g/mol. The van der Waals surface area contributed by atoms with Crippen LogP contribution in [-0.4, -0.2) is 14.9 Å². The molecule has 3 heteroatoms. The fourth-order valence-electron chi connectivity index (χ4n) is 2.33. The molecule has 3 nitrogen and oxygen atoms in total. The van der Waals surface area contributed by atoms with E-state index in [-0.39, 0.29) is 6.10 Å². The Hall–Kier alpha value is -0.830. The summed E-state index contributed by atoms with van der Waals surface area (Å²) < 4.78 is 1.88.